The minimum absolute atomic E-state index is 0.394. The van der Waals surface area contributed by atoms with Gasteiger partial charge in [0, 0.05) is 11.8 Å². The first-order valence-electron chi connectivity index (χ1n) is 5.44. The monoisotopic (exact) mass is 246 g/mol. The third-order valence-electron chi connectivity index (χ3n) is 2.68. The second-order valence-electron chi connectivity index (χ2n) is 3.81. The summed E-state index contributed by atoms with van der Waals surface area (Å²) >= 11 is 0. The zero-order valence-electron chi connectivity index (χ0n) is 10.5. The van der Waals surface area contributed by atoms with E-state index in [4.69, 9.17) is 9.47 Å². The summed E-state index contributed by atoms with van der Waals surface area (Å²) in [5, 5.41) is 0. The molecule has 0 radical (unpaired) electrons. The Bertz CT molecular complexity index is 620. The number of aromatic nitrogens is 2. The van der Waals surface area contributed by atoms with Crippen LogP contribution in [-0.4, -0.2) is 24.2 Å². The van der Waals surface area contributed by atoms with Gasteiger partial charge in [0.2, 0.25) is 0 Å². The topological polar surface area (TPSA) is 64.2 Å². The highest BCUT2D eigenvalue weighted by Crippen LogP contribution is 2.34. The number of H-pyrrole nitrogens is 1. The fourth-order valence-electron chi connectivity index (χ4n) is 1.79. The number of aryl methyl sites for hydroxylation is 1. The van der Waals surface area contributed by atoms with Crippen LogP contribution in [0, 0.1) is 6.92 Å². The van der Waals surface area contributed by atoms with Crippen LogP contribution in [0.5, 0.6) is 11.5 Å². The van der Waals surface area contributed by atoms with E-state index in [1.54, 1.807) is 20.3 Å². The van der Waals surface area contributed by atoms with Gasteiger partial charge in [0.25, 0.3) is 0 Å². The Labute approximate surface area is 104 Å². The molecule has 0 aliphatic carbocycles. The van der Waals surface area contributed by atoms with E-state index in [1.165, 1.54) is 6.20 Å². The van der Waals surface area contributed by atoms with Crippen molar-refractivity contribution in [3.8, 4) is 22.8 Å². The molecule has 0 unspecified atom stereocenters. The molecule has 1 heterocycles. The summed E-state index contributed by atoms with van der Waals surface area (Å²) in [7, 11) is 3.19. The first-order valence-corrected chi connectivity index (χ1v) is 5.44. The fraction of sp³-hybridized carbons (Fsp3) is 0.231. The summed E-state index contributed by atoms with van der Waals surface area (Å²) in [6.45, 7) is 1.93. The number of nitrogens with zero attached hydrogens (tertiary/aromatic N) is 1. The molecular formula is C13H14N2O3. The predicted molar refractivity (Wildman–Crippen MR) is 68.1 cm³/mol. The first kappa shape index (κ1) is 12.2. The molecule has 5 heteroatoms. The molecule has 0 bridgehead atoms. The molecule has 0 spiro atoms. The van der Waals surface area contributed by atoms with Gasteiger partial charge in [0.1, 0.15) is 11.5 Å². The Morgan fingerprint density at radius 1 is 1.17 bits per heavy atom. The van der Waals surface area contributed by atoms with Crippen LogP contribution in [0.4, 0.5) is 0 Å². The Balaban J connectivity index is 2.65. The van der Waals surface area contributed by atoms with Gasteiger partial charge in [-0.15, -0.1) is 0 Å². The number of nitrogens with one attached hydrogen (secondary N) is 1. The second-order valence-corrected chi connectivity index (χ2v) is 3.81. The van der Waals surface area contributed by atoms with E-state index in [2.05, 4.69) is 9.97 Å². The van der Waals surface area contributed by atoms with Crippen molar-refractivity contribution in [3.63, 3.8) is 0 Å². The van der Waals surface area contributed by atoms with Crippen LogP contribution >= 0.6 is 0 Å². The van der Waals surface area contributed by atoms with Crippen molar-refractivity contribution in [3.05, 3.63) is 40.4 Å². The minimum atomic E-state index is -0.394. The molecule has 2 aromatic rings. The van der Waals surface area contributed by atoms with E-state index < -0.39 is 5.69 Å². The first-order chi connectivity index (χ1) is 8.65. The molecule has 0 saturated heterocycles. The average molecular weight is 246 g/mol. The Morgan fingerprint density at radius 2 is 1.89 bits per heavy atom. The van der Waals surface area contributed by atoms with Crippen molar-refractivity contribution in [1.82, 2.24) is 9.97 Å². The van der Waals surface area contributed by atoms with Crippen LogP contribution in [0.2, 0.25) is 0 Å². The lowest BCUT2D eigenvalue weighted by atomic mass is 10.1. The lowest BCUT2D eigenvalue weighted by molar-refractivity contribution is 0.401. The van der Waals surface area contributed by atoms with Crippen molar-refractivity contribution < 1.29 is 9.47 Å². The zero-order chi connectivity index (χ0) is 13.1. The lowest BCUT2D eigenvalue weighted by Gasteiger charge is -2.12. The maximum absolute atomic E-state index is 11.2. The van der Waals surface area contributed by atoms with Crippen molar-refractivity contribution >= 4 is 0 Å². The highest BCUT2D eigenvalue weighted by molar-refractivity contribution is 5.70. The standard InChI is InChI=1S/C13H14N2O3/c1-8-6-12(18-3)9(7-11(8)17-2)10-4-5-14-13(16)15-10/h4-7H,1-3H3,(H,14,15,16). The second kappa shape index (κ2) is 4.91. The highest BCUT2D eigenvalue weighted by atomic mass is 16.5. The van der Waals surface area contributed by atoms with Gasteiger partial charge in [-0.25, -0.2) is 9.78 Å². The van der Waals surface area contributed by atoms with Crippen molar-refractivity contribution in [1.29, 1.82) is 0 Å². The third kappa shape index (κ3) is 2.20. The van der Waals surface area contributed by atoms with Crippen LogP contribution in [-0.2, 0) is 0 Å². The Hall–Kier alpha value is -2.30. The van der Waals surface area contributed by atoms with Crippen LogP contribution < -0.4 is 15.2 Å². The van der Waals surface area contributed by atoms with Gasteiger partial charge < -0.3 is 14.5 Å². The molecule has 0 aliphatic heterocycles. The molecular weight excluding hydrogens is 232 g/mol. The molecule has 18 heavy (non-hydrogen) atoms. The minimum Gasteiger partial charge on any atom is -0.496 e. The Morgan fingerprint density at radius 3 is 2.50 bits per heavy atom. The van der Waals surface area contributed by atoms with Crippen LogP contribution in [0.15, 0.2) is 29.2 Å². The summed E-state index contributed by atoms with van der Waals surface area (Å²) in [5.74, 6) is 1.42. The van der Waals surface area contributed by atoms with Gasteiger partial charge >= 0.3 is 5.69 Å². The SMILES string of the molecule is COc1cc(-c2ccnc(=O)[nH]2)c(OC)cc1C. The molecule has 0 fully saturated rings. The van der Waals surface area contributed by atoms with Gasteiger partial charge in [-0.05, 0) is 30.7 Å². The van der Waals surface area contributed by atoms with Gasteiger partial charge in [0.05, 0.1) is 19.9 Å². The average Bonchev–Trinajstić information content (AvgIpc) is 2.38. The number of ether oxygens (including phenoxy) is 2. The quantitative estimate of drug-likeness (QED) is 0.896. The van der Waals surface area contributed by atoms with Gasteiger partial charge in [0.15, 0.2) is 0 Å². The summed E-state index contributed by atoms with van der Waals surface area (Å²) < 4.78 is 10.6. The van der Waals surface area contributed by atoms with E-state index >= 15 is 0 Å². The van der Waals surface area contributed by atoms with E-state index in [1.807, 2.05) is 19.1 Å². The molecule has 0 aliphatic rings. The van der Waals surface area contributed by atoms with Crippen molar-refractivity contribution in [2.75, 3.05) is 14.2 Å². The maximum Gasteiger partial charge on any atom is 0.345 e. The molecule has 5 nitrogen and oxygen atoms in total. The summed E-state index contributed by atoms with van der Waals surface area (Å²) in [6.07, 6.45) is 1.46. The van der Waals surface area contributed by atoms with Gasteiger partial charge in [-0.2, -0.15) is 0 Å². The zero-order valence-corrected chi connectivity index (χ0v) is 10.5. The molecule has 2 rings (SSSR count). The molecule has 1 N–H and O–H groups in total. The maximum atomic E-state index is 11.2. The summed E-state index contributed by atoms with van der Waals surface area (Å²) in [6, 6.07) is 5.42. The fourth-order valence-corrected chi connectivity index (χ4v) is 1.79. The number of aromatic amines is 1. The molecule has 1 aromatic carbocycles. The predicted octanol–water partition coefficient (Wildman–Crippen LogP) is 1.76. The van der Waals surface area contributed by atoms with Crippen molar-refractivity contribution in [2.24, 2.45) is 0 Å². The number of methoxy groups -OCH3 is 2. The summed E-state index contributed by atoms with van der Waals surface area (Å²) in [4.78, 5) is 17.5. The number of hydrogen-bond acceptors (Lipinski definition) is 4. The normalized spacial score (nSPS) is 10.2. The Kier molecular flexibility index (Phi) is 3.32. The molecule has 1 aromatic heterocycles. The van der Waals surface area contributed by atoms with E-state index in [-0.39, 0.29) is 0 Å². The van der Waals surface area contributed by atoms with E-state index in [9.17, 15) is 4.79 Å². The van der Waals surface area contributed by atoms with Gasteiger partial charge in [-0.1, -0.05) is 0 Å². The largest absolute Gasteiger partial charge is 0.496 e. The third-order valence-corrected chi connectivity index (χ3v) is 2.68. The van der Waals surface area contributed by atoms with Gasteiger partial charge in [-0.3, -0.25) is 0 Å². The molecule has 0 amide bonds. The molecule has 0 saturated carbocycles. The number of hydrogen-bond donors (Lipinski definition) is 1. The van der Waals surface area contributed by atoms with E-state index in [0.29, 0.717) is 11.4 Å². The molecule has 94 valence electrons. The van der Waals surface area contributed by atoms with Crippen LogP contribution in [0.3, 0.4) is 0 Å². The molecule has 0 atom stereocenters. The van der Waals surface area contributed by atoms with Crippen molar-refractivity contribution in [2.45, 2.75) is 6.92 Å². The van der Waals surface area contributed by atoms with Crippen LogP contribution in [0.1, 0.15) is 5.56 Å². The van der Waals surface area contributed by atoms with Crippen LogP contribution in [0.25, 0.3) is 11.3 Å². The smallest absolute Gasteiger partial charge is 0.345 e. The highest BCUT2D eigenvalue weighted by Gasteiger charge is 2.11. The van der Waals surface area contributed by atoms with E-state index in [0.717, 1.165) is 16.9 Å². The summed E-state index contributed by atoms with van der Waals surface area (Å²) in [5.41, 5.74) is 1.98. The number of benzene rings is 1. The number of rotatable bonds is 3. The lowest BCUT2D eigenvalue weighted by Crippen LogP contribution is -2.09.